The highest BCUT2D eigenvalue weighted by Gasteiger charge is 2.24. The first kappa shape index (κ1) is 15.2. The van der Waals surface area contributed by atoms with Crippen LogP contribution in [0.2, 0.25) is 0 Å². The minimum atomic E-state index is 0.248. The highest BCUT2D eigenvalue weighted by atomic mass is 15.2. The van der Waals surface area contributed by atoms with Gasteiger partial charge in [0.25, 0.3) is 0 Å². The molecule has 0 bridgehead atoms. The summed E-state index contributed by atoms with van der Waals surface area (Å²) < 4.78 is 0. The number of hydrogen-bond acceptors (Lipinski definition) is 2. The van der Waals surface area contributed by atoms with Crippen LogP contribution in [0.5, 0.6) is 0 Å². The molecule has 1 aromatic carbocycles. The molecule has 2 heteroatoms. The number of aryl methyl sites for hydroxylation is 1. The predicted molar refractivity (Wildman–Crippen MR) is 80.0 cm³/mol. The van der Waals surface area contributed by atoms with Gasteiger partial charge in [0.15, 0.2) is 0 Å². The quantitative estimate of drug-likeness (QED) is 0.830. The zero-order valence-corrected chi connectivity index (χ0v) is 12.7. The molecule has 1 aromatic rings. The first-order valence-corrected chi connectivity index (χ1v) is 6.86. The van der Waals surface area contributed by atoms with Gasteiger partial charge in [-0.15, -0.1) is 0 Å². The van der Waals surface area contributed by atoms with Crippen LogP contribution in [-0.2, 0) is 0 Å². The molecule has 0 saturated heterocycles. The molecule has 0 saturated carbocycles. The molecule has 0 spiro atoms. The Labute approximate surface area is 112 Å². The fourth-order valence-corrected chi connectivity index (χ4v) is 2.11. The van der Waals surface area contributed by atoms with Gasteiger partial charge in [0.05, 0.1) is 0 Å². The number of benzene rings is 1. The standard InChI is InChI=1S/C16H28N2/c1-7-16(3,4)18(6)12-15(17-5)14-11-9-8-10-13(14)2/h8-11,15,17H,7,12H2,1-6H3. The molecular formula is C16H28N2. The highest BCUT2D eigenvalue weighted by Crippen LogP contribution is 2.23. The molecule has 0 fully saturated rings. The summed E-state index contributed by atoms with van der Waals surface area (Å²) in [5.41, 5.74) is 3.01. The maximum absolute atomic E-state index is 3.44. The smallest absolute Gasteiger partial charge is 0.0449 e. The first-order chi connectivity index (χ1) is 8.42. The molecule has 102 valence electrons. The summed E-state index contributed by atoms with van der Waals surface area (Å²) in [7, 11) is 4.26. The third kappa shape index (κ3) is 3.56. The third-order valence-corrected chi connectivity index (χ3v) is 4.27. The Balaban J connectivity index is 2.83. The summed E-state index contributed by atoms with van der Waals surface area (Å²) in [6.07, 6.45) is 1.16. The Kier molecular flexibility index (Phi) is 5.36. The Morgan fingerprint density at radius 1 is 1.28 bits per heavy atom. The minimum Gasteiger partial charge on any atom is -0.312 e. The fourth-order valence-electron chi connectivity index (χ4n) is 2.11. The summed E-state index contributed by atoms with van der Waals surface area (Å²) in [6, 6.07) is 9.03. The Morgan fingerprint density at radius 2 is 1.89 bits per heavy atom. The monoisotopic (exact) mass is 248 g/mol. The number of likely N-dealkylation sites (N-methyl/N-ethyl adjacent to an activating group) is 2. The summed E-state index contributed by atoms with van der Waals surface area (Å²) >= 11 is 0. The van der Waals surface area contributed by atoms with Crippen molar-refractivity contribution in [3.05, 3.63) is 35.4 Å². The van der Waals surface area contributed by atoms with Crippen LogP contribution in [0.1, 0.15) is 44.4 Å². The lowest BCUT2D eigenvalue weighted by atomic mass is 9.96. The number of rotatable bonds is 6. The van der Waals surface area contributed by atoms with Gasteiger partial charge in [-0.25, -0.2) is 0 Å². The van der Waals surface area contributed by atoms with Crippen molar-refractivity contribution >= 4 is 0 Å². The van der Waals surface area contributed by atoms with Crippen LogP contribution in [0.4, 0.5) is 0 Å². The van der Waals surface area contributed by atoms with E-state index in [1.807, 2.05) is 7.05 Å². The van der Waals surface area contributed by atoms with Crippen LogP contribution in [-0.4, -0.2) is 31.1 Å². The Hall–Kier alpha value is -0.860. The maximum atomic E-state index is 3.44. The van der Waals surface area contributed by atoms with Crippen LogP contribution in [0.25, 0.3) is 0 Å². The molecule has 0 aliphatic heterocycles. The number of nitrogens with zero attached hydrogens (tertiary/aromatic N) is 1. The molecule has 0 aliphatic rings. The largest absolute Gasteiger partial charge is 0.312 e. The highest BCUT2D eigenvalue weighted by molar-refractivity contribution is 5.29. The summed E-state index contributed by atoms with van der Waals surface area (Å²) in [5.74, 6) is 0. The van der Waals surface area contributed by atoms with E-state index in [0.717, 1.165) is 13.0 Å². The van der Waals surface area contributed by atoms with Crippen molar-refractivity contribution in [2.75, 3.05) is 20.6 Å². The topological polar surface area (TPSA) is 15.3 Å². The van der Waals surface area contributed by atoms with E-state index >= 15 is 0 Å². The average molecular weight is 248 g/mol. The van der Waals surface area contributed by atoms with Gasteiger partial charge in [-0.3, -0.25) is 4.90 Å². The summed E-state index contributed by atoms with van der Waals surface area (Å²) in [6.45, 7) is 10.1. The van der Waals surface area contributed by atoms with Gasteiger partial charge in [0.1, 0.15) is 0 Å². The summed E-state index contributed by atoms with van der Waals surface area (Å²) in [5, 5.41) is 3.44. The average Bonchev–Trinajstić information content (AvgIpc) is 2.36. The molecule has 1 atom stereocenters. The molecule has 0 aliphatic carbocycles. The van der Waals surface area contributed by atoms with Crippen molar-refractivity contribution in [1.29, 1.82) is 0 Å². The van der Waals surface area contributed by atoms with Gasteiger partial charge < -0.3 is 5.32 Å². The zero-order valence-electron chi connectivity index (χ0n) is 12.7. The molecule has 0 heterocycles. The maximum Gasteiger partial charge on any atom is 0.0449 e. The van der Waals surface area contributed by atoms with E-state index in [9.17, 15) is 0 Å². The molecule has 1 rings (SSSR count). The number of nitrogens with one attached hydrogen (secondary N) is 1. The first-order valence-electron chi connectivity index (χ1n) is 6.86. The predicted octanol–water partition coefficient (Wildman–Crippen LogP) is 3.38. The number of hydrogen-bond donors (Lipinski definition) is 1. The minimum absolute atomic E-state index is 0.248. The second kappa shape index (κ2) is 6.35. The van der Waals surface area contributed by atoms with E-state index < -0.39 is 0 Å². The lowest BCUT2D eigenvalue weighted by molar-refractivity contribution is 0.137. The van der Waals surface area contributed by atoms with Crippen molar-refractivity contribution in [3.63, 3.8) is 0 Å². The second-order valence-corrected chi connectivity index (χ2v) is 5.74. The molecule has 0 radical (unpaired) electrons. The van der Waals surface area contributed by atoms with Gasteiger partial charge in [-0.1, -0.05) is 31.2 Å². The van der Waals surface area contributed by atoms with Gasteiger partial charge in [0, 0.05) is 18.1 Å². The summed E-state index contributed by atoms with van der Waals surface area (Å²) in [4.78, 5) is 2.45. The molecule has 18 heavy (non-hydrogen) atoms. The zero-order chi connectivity index (χ0) is 13.8. The van der Waals surface area contributed by atoms with Crippen molar-refractivity contribution in [2.24, 2.45) is 0 Å². The van der Waals surface area contributed by atoms with Crippen LogP contribution in [0, 0.1) is 6.92 Å². The van der Waals surface area contributed by atoms with Crippen molar-refractivity contribution in [3.8, 4) is 0 Å². The lowest BCUT2D eigenvalue weighted by Gasteiger charge is -2.37. The third-order valence-electron chi connectivity index (χ3n) is 4.27. The molecular weight excluding hydrogens is 220 g/mol. The Bertz CT molecular complexity index is 371. The van der Waals surface area contributed by atoms with Gasteiger partial charge in [-0.05, 0) is 52.4 Å². The van der Waals surface area contributed by atoms with Gasteiger partial charge in [-0.2, -0.15) is 0 Å². The molecule has 1 N–H and O–H groups in total. The van der Waals surface area contributed by atoms with Crippen molar-refractivity contribution in [1.82, 2.24) is 10.2 Å². The Morgan fingerprint density at radius 3 is 2.39 bits per heavy atom. The van der Waals surface area contributed by atoms with Crippen LogP contribution in [0.3, 0.4) is 0 Å². The SMILES string of the molecule is CCC(C)(C)N(C)CC(NC)c1ccccc1C. The van der Waals surface area contributed by atoms with E-state index in [2.05, 4.69) is 69.2 Å². The molecule has 1 unspecified atom stereocenters. The van der Waals surface area contributed by atoms with Gasteiger partial charge >= 0.3 is 0 Å². The lowest BCUT2D eigenvalue weighted by Crippen LogP contribution is -2.44. The van der Waals surface area contributed by atoms with Gasteiger partial charge in [0.2, 0.25) is 0 Å². The van der Waals surface area contributed by atoms with E-state index in [0.29, 0.717) is 6.04 Å². The molecule has 0 amide bonds. The van der Waals surface area contributed by atoms with E-state index in [-0.39, 0.29) is 5.54 Å². The van der Waals surface area contributed by atoms with Crippen LogP contribution < -0.4 is 5.32 Å². The molecule has 0 aromatic heterocycles. The van der Waals surface area contributed by atoms with E-state index in [1.165, 1.54) is 11.1 Å². The van der Waals surface area contributed by atoms with E-state index in [1.54, 1.807) is 0 Å². The molecule has 2 nitrogen and oxygen atoms in total. The van der Waals surface area contributed by atoms with E-state index in [4.69, 9.17) is 0 Å². The van der Waals surface area contributed by atoms with Crippen LogP contribution in [0.15, 0.2) is 24.3 Å². The normalized spacial score (nSPS) is 13.9. The fraction of sp³-hybridized carbons (Fsp3) is 0.625. The van der Waals surface area contributed by atoms with Crippen molar-refractivity contribution in [2.45, 2.75) is 45.7 Å². The van der Waals surface area contributed by atoms with Crippen LogP contribution >= 0.6 is 0 Å². The van der Waals surface area contributed by atoms with Crippen molar-refractivity contribution < 1.29 is 0 Å². The second-order valence-electron chi connectivity index (χ2n) is 5.74.